The molecule has 2 rings (SSSR count). The highest BCUT2D eigenvalue weighted by Crippen LogP contribution is 2.36. The Morgan fingerprint density at radius 2 is 2.00 bits per heavy atom. The molecule has 1 saturated heterocycles. The fourth-order valence-corrected chi connectivity index (χ4v) is 3.08. The van der Waals surface area contributed by atoms with Crippen LogP contribution in [0.15, 0.2) is 0 Å². The van der Waals surface area contributed by atoms with E-state index >= 15 is 0 Å². The lowest BCUT2D eigenvalue weighted by Crippen LogP contribution is -2.36. The van der Waals surface area contributed by atoms with Crippen molar-refractivity contribution in [2.45, 2.75) is 65.6 Å². The zero-order valence-corrected chi connectivity index (χ0v) is 14.4. The third kappa shape index (κ3) is 3.83. The molecule has 0 spiro atoms. The van der Waals surface area contributed by atoms with Gasteiger partial charge in [0, 0.05) is 17.8 Å². The van der Waals surface area contributed by atoms with Gasteiger partial charge in [-0.3, -0.25) is 9.48 Å². The van der Waals surface area contributed by atoms with Crippen molar-refractivity contribution in [2.24, 2.45) is 0 Å². The first-order valence-electron chi connectivity index (χ1n) is 7.85. The summed E-state index contributed by atoms with van der Waals surface area (Å²) < 4.78 is 6.97. The number of carbonyl (C=O) groups excluding carboxylic acids is 1. The lowest BCUT2D eigenvalue weighted by molar-refractivity contribution is -0.137. The van der Waals surface area contributed by atoms with E-state index < -0.39 is 11.6 Å². The molecule has 7 heteroatoms. The van der Waals surface area contributed by atoms with E-state index in [0.717, 1.165) is 29.8 Å². The second kappa shape index (κ2) is 6.22. The number of amides is 1. The molecule has 0 bridgehead atoms. The largest absolute Gasteiger partial charge is 0.480 e. The minimum atomic E-state index is -0.933. The molecule has 0 aromatic carbocycles. The number of carbonyl (C=O) groups is 2. The first-order chi connectivity index (χ1) is 10.6. The highest BCUT2D eigenvalue weighted by Gasteiger charge is 2.36. The number of nitrogens with zero attached hydrogens (tertiary/aromatic N) is 3. The van der Waals surface area contributed by atoms with Gasteiger partial charge in [0.25, 0.3) is 0 Å². The van der Waals surface area contributed by atoms with Crippen LogP contribution in [-0.2, 0) is 16.1 Å². The summed E-state index contributed by atoms with van der Waals surface area (Å²) in [6.07, 6.45) is 1.40. The number of rotatable bonds is 3. The van der Waals surface area contributed by atoms with Crippen LogP contribution in [0.5, 0.6) is 0 Å². The Bertz CT molecular complexity index is 616. The van der Waals surface area contributed by atoms with Crippen molar-refractivity contribution in [3.05, 3.63) is 17.0 Å². The van der Waals surface area contributed by atoms with E-state index in [2.05, 4.69) is 5.10 Å². The van der Waals surface area contributed by atoms with E-state index in [9.17, 15) is 9.59 Å². The average molecular weight is 323 g/mol. The molecule has 1 amide bonds. The summed E-state index contributed by atoms with van der Waals surface area (Å²) in [5.74, 6) is -0.933. The molecule has 1 aliphatic heterocycles. The average Bonchev–Trinajstić information content (AvgIpc) is 2.93. The van der Waals surface area contributed by atoms with Gasteiger partial charge in [-0.25, -0.2) is 4.79 Å². The molecule has 1 aromatic heterocycles. The second-order valence-corrected chi connectivity index (χ2v) is 6.97. The Hall–Kier alpha value is -2.05. The fraction of sp³-hybridized carbons (Fsp3) is 0.688. The maximum Gasteiger partial charge on any atom is 0.410 e. The Labute approximate surface area is 136 Å². The molecule has 1 aromatic rings. The van der Waals surface area contributed by atoms with Gasteiger partial charge in [0.15, 0.2) is 0 Å². The number of aryl methyl sites for hydroxylation is 1. The molecule has 1 N–H and O–H groups in total. The monoisotopic (exact) mass is 323 g/mol. The van der Waals surface area contributed by atoms with Gasteiger partial charge in [0.05, 0.1) is 11.7 Å². The minimum absolute atomic E-state index is 0.104. The van der Waals surface area contributed by atoms with Crippen LogP contribution in [0.4, 0.5) is 4.79 Å². The van der Waals surface area contributed by atoms with Crippen molar-refractivity contribution < 1.29 is 19.4 Å². The van der Waals surface area contributed by atoms with Gasteiger partial charge in [-0.05, 0) is 47.5 Å². The molecule has 1 fully saturated rings. The Balaban J connectivity index is 2.28. The summed E-state index contributed by atoms with van der Waals surface area (Å²) in [5, 5.41) is 13.3. The molecule has 7 nitrogen and oxygen atoms in total. The minimum Gasteiger partial charge on any atom is -0.480 e. The molecular weight excluding hydrogens is 298 g/mol. The number of aliphatic carboxylic acids is 1. The topological polar surface area (TPSA) is 84.7 Å². The summed E-state index contributed by atoms with van der Waals surface area (Å²) in [7, 11) is 0. The number of carboxylic acids is 1. The number of hydrogen-bond acceptors (Lipinski definition) is 4. The first kappa shape index (κ1) is 17.3. The van der Waals surface area contributed by atoms with E-state index in [1.165, 1.54) is 4.68 Å². The Morgan fingerprint density at radius 3 is 2.57 bits per heavy atom. The van der Waals surface area contributed by atoms with E-state index in [4.69, 9.17) is 9.84 Å². The van der Waals surface area contributed by atoms with Gasteiger partial charge in [-0.2, -0.15) is 5.10 Å². The highest BCUT2D eigenvalue weighted by molar-refractivity contribution is 5.69. The predicted octanol–water partition coefficient (Wildman–Crippen LogP) is 2.66. The van der Waals surface area contributed by atoms with Crippen molar-refractivity contribution >= 4 is 12.1 Å². The summed E-state index contributed by atoms with van der Waals surface area (Å²) >= 11 is 0. The maximum atomic E-state index is 12.4. The fourth-order valence-electron chi connectivity index (χ4n) is 3.08. The van der Waals surface area contributed by atoms with Crippen LogP contribution in [0.1, 0.15) is 56.6 Å². The van der Waals surface area contributed by atoms with Crippen molar-refractivity contribution in [3.63, 3.8) is 0 Å². The molecule has 1 aliphatic rings. The van der Waals surface area contributed by atoms with Crippen molar-refractivity contribution in [1.29, 1.82) is 0 Å². The third-order valence-electron chi connectivity index (χ3n) is 3.94. The van der Waals surface area contributed by atoms with Crippen LogP contribution in [0.25, 0.3) is 0 Å². The number of hydrogen-bond donors (Lipinski definition) is 1. The molecular formula is C16H25N3O4. The Kier molecular flexibility index (Phi) is 4.68. The Morgan fingerprint density at radius 1 is 1.35 bits per heavy atom. The zero-order valence-electron chi connectivity index (χ0n) is 14.4. The maximum absolute atomic E-state index is 12.4. The van der Waals surface area contributed by atoms with Crippen LogP contribution in [0, 0.1) is 13.8 Å². The van der Waals surface area contributed by atoms with Crippen LogP contribution in [-0.4, -0.2) is 44.0 Å². The normalized spacial score (nSPS) is 18.3. The van der Waals surface area contributed by atoms with Crippen LogP contribution in [0.3, 0.4) is 0 Å². The van der Waals surface area contributed by atoms with Crippen molar-refractivity contribution in [1.82, 2.24) is 14.7 Å². The summed E-state index contributed by atoms with van der Waals surface area (Å²) in [6, 6.07) is -0.104. The molecule has 0 unspecified atom stereocenters. The number of likely N-dealkylation sites (tertiary alicyclic amines) is 1. The smallest absolute Gasteiger partial charge is 0.410 e. The van der Waals surface area contributed by atoms with Gasteiger partial charge < -0.3 is 14.7 Å². The lowest BCUT2D eigenvalue weighted by atomic mass is 10.0. The van der Waals surface area contributed by atoms with Gasteiger partial charge in [-0.1, -0.05) is 0 Å². The zero-order chi connectivity index (χ0) is 17.4. The second-order valence-electron chi connectivity index (χ2n) is 6.97. The van der Waals surface area contributed by atoms with Crippen molar-refractivity contribution in [2.75, 3.05) is 6.54 Å². The van der Waals surface area contributed by atoms with E-state index in [0.29, 0.717) is 6.54 Å². The quantitative estimate of drug-likeness (QED) is 0.924. The first-order valence-corrected chi connectivity index (χ1v) is 7.85. The van der Waals surface area contributed by atoms with Gasteiger partial charge in [0.1, 0.15) is 12.1 Å². The number of carboxylic acid groups (broad SMARTS) is 1. The molecule has 1 atom stereocenters. The van der Waals surface area contributed by atoms with Gasteiger partial charge >= 0.3 is 12.1 Å². The van der Waals surface area contributed by atoms with Crippen LogP contribution in [0.2, 0.25) is 0 Å². The molecule has 0 radical (unpaired) electrons. The highest BCUT2D eigenvalue weighted by atomic mass is 16.6. The standard InChI is InChI=1S/C16H25N3O4/c1-10-14(11(2)19(17-10)9-13(20)21)12-7-6-8-18(12)15(22)23-16(3,4)5/h12H,6-9H2,1-5H3,(H,20,21)/t12-/m0/s1. The molecule has 128 valence electrons. The molecule has 23 heavy (non-hydrogen) atoms. The summed E-state index contributed by atoms with van der Waals surface area (Å²) in [6.45, 7) is 9.71. The molecule has 0 aliphatic carbocycles. The van der Waals surface area contributed by atoms with Gasteiger partial charge in [-0.15, -0.1) is 0 Å². The SMILES string of the molecule is Cc1nn(CC(=O)O)c(C)c1[C@@H]1CCCN1C(=O)OC(C)(C)C. The van der Waals surface area contributed by atoms with E-state index in [-0.39, 0.29) is 18.7 Å². The van der Waals surface area contributed by atoms with Crippen molar-refractivity contribution in [3.8, 4) is 0 Å². The molecule has 0 saturated carbocycles. The summed E-state index contributed by atoms with van der Waals surface area (Å²) in [4.78, 5) is 25.1. The number of ether oxygens (including phenoxy) is 1. The van der Waals surface area contributed by atoms with Crippen LogP contribution >= 0.6 is 0 Å². The summed E-state index contributed by atoms with van der Waals surface area (Å²) in [5.41, 5.74) is 1.96. The van der Waals surface area contributed by atoms with Crippen LogP contribution < -0.4 is 0 Å². The predicted molar refractivity (Wildman–Crippen MR) is 84.3 cm³/mol. The lowest BCUT2D eigenvalue weighted by Gasteiger charge is -2.29. The van der Waals surface area contributed by atoms with Gasteiger partial charge in [0.2, 0.25) is 0 Å². The van der Waals surface area contributed by atoms with E-state index in [1.807, 2.05) is 34.6 Å². The third-order valence-corrected chi connectivity index (χ3v) is 3.94. The van der Waals surface area contributed by atoms with E-state index in [1.54, 1.807) is 4.90 Å². The molecule has 2 heterocycles. The number of aromatic nitrogens is 2.